The second-order valence-electron chi connectivity index (χ2n) is 11.8. The highest BCUT2D eigenvalue weighted by molar-refractivity contribution is 6.05. The van der Waals surface area contributed by atoms with Crippen LogP contribution in [0.4, 0.5) is 0 Å². The Morgan fingerprint density at radius 1 is 0.917 bits per heavy atom. The van der Waals surface area contributed by atoms with Crippen molar-refractivity contribution in [1.82, 2.24) is 10.3 Å². The first-order valence-electron chi connectivity index (χ1n) is 16.3. The lowest BCUT2D eigenvalue weighted by Gasteiger charge is -2.23. The summed E-state index contributed by atoms with van der Waals surface area (Å²) in [6.07, 6.45) is 21.0. The summed E-state index contributed by atoms with van der Waals surface area (Å²) in [5, 5.41) is 5.59. The summed E-state index contributed by atoms with van der Waals surface area (Å²) in [6, 6.07) is 30.3. The molecule has 1 aliphatic heterocycles. The Hall–Kier alpha value is -6.01. The fraction of sp³-hybridized carbons (Fsp3) is 0.119. The molecule has 7 rings (SSSR count). The predicted octanol–water partition coefficient (Wildman–Crippen LogP) is 8.50. The van der Waals surface area contributed by atoms with Crippen molar-refractivity contribution in [2.24, 2.45) is 11.5 Å². The highest BCUT2D eigenvalue weighted by Crippen LogP contribution is 2.42. The van der Waals surface area contributed by atoms with E-state index < -0.39 is 0 Å². The van der Waals surface area contributed by atoms with Gasteiger partial charge in [0.1, 0.15) is 12.9 Å². The molecule has 1 aromatic heterocycles. The average molecular weight is 631 g/mol. The van der Waals surface area contributed by atoms with Gasteiger partial charge in [-0.15, -0.1) is 0 Å². The maximum atomic E-state index is 6.00. The van der Waals surface area contributed by atoms with Crippen LogP contribution < -0.4 is 16.8 Å². The van der Waals surface area contributed by atoms with Gasteiger partial charge in [-0.2, -0.15) is 0 Å². The van der Waals surface area contributed by atoms with Crippen LogP contribution in [0.3, 0.4) is 0 Å². The minimum Gasteiger partial charge on any atom is -0.495 e. The fourth-order valence-electron chi connectivity index (χ4n) is 6.57. The standard InChI is InChI=1S/C42H38N4O2/c43-21-23-47-28-29-13-20-40(46-27-29)41-37-11-5-4-10-35(37)36(12-6-9-34(26-44)42-45-22-24-48-42)39-25-33(18-19-38(39)41)32-16-14-31(15-17-32)30-7-2-1-3-8-30/h1-3,5-9,11,13-27,42,45H,4,10,12,28,43-44H2/b9-6-,23-21-,34-26+. The van der Waals surface area contributed by atoms with E-state index in [1.807, 2.05) is 12.3 Å². The van der Waals surface area contributed by atoms with Gasteiger partial charge in [-0.05, 0) is 81.1 Å². The van der Waals surface area contributed by atoms with E-state index in [0.29, 0.717) is 6.61 Å². The summed E-state index contributed by atoms with van der Waals surface area (Å²) in [5.41, 5.74) is 24.1. The van der Waals surface area contributed by atoms with Crippen molar-refractivity contribution in [3.63, 3.8) is 0 Å². The zero-order valence-electron chi connectivity index (χ0n) is 26.7. The third-order valence-corrected chi connectivity index (χ3v) is 8.91. The average Bonchev–Trinajstić information content (AvgIpc) is 3.69. The van der Waals surface area contributed by atoms with Gasteiger partial charge in [-0.1, -0.05) is 97.1 Å². The fourth-order valence-corrected chi connectivity index (χ4v) is 6.57. The van der Waals surface area contributed by atoms with Crippen molar-refractivity contribution in [3.05, 3.63) is 168 Å². The molecule has 1 aliphatic carbocycles. The van der Waals surface area contributed by atoms with Crippen LogP contribution in [0.25, 0.3) is 50.4 Å². The molecule has 48 heavy (non-hydrogen) atoms. The second-order valence-corrected chi connectivity index (χ2v) is 11.8. The minimum atomic E-state index is -0.279. The molecule has 0 saturated carbocycles. The molecule has 238 valence electrons. The van der Waals surface area contributed by atoms with Crippen LogP contribution in [0.15, 0.2) is 146 Å². The van der Waals surface area contributed by atoms with Crippen LogP contribution in [0.2, 0.25) is 0 Å². The number of hydrogen-bond acceptors (Lipinski definition) is 6. The first-order valence-corrected chi connectivity index (χ1v) is 16.3. The van der Waals surface area contributed by atoms with Crippen LogP contribution >= 0.6 is 0 Å². The highest BCUT2D eigenvalue weighted by Gasteiger charge is 2.22. The summed E-state index contributed by atoms with van der Waals surface area (Å²) in [5.74, 6) is 0. The van der Waals surface area contributed by atoms with E-state index in [2.05, 4.69) is 108 Å². The molecule has 6 nitrogen and oxygen atoms in total. The topological polar surface area (TPSA) is 95.4 Å². The molecule has 0 fully saturated rings. The van der Waals surface area contributed by atoms with Crippen molar-refractivity contribution in [2.75, 3.05) is 0 Å². The highest BCUT2D eigenvalue weighted by atomic mass is 16.5. The molecule has 5 aromatic rings. The van der Waals surface area contributed by atoms with Gasteiger partial charge in [-0.3, -0.25) is 4.98 Å². The first kappa shape index (κ1) is 30.6. The zero-order valence-corrected chi connectivity index (χ0v) is 26.7. The third kappa shape index (κ3) is 6.33. The van der Waals surface area contributed by atoms with E-state index >= 15 is 0 Å². The minimum absolute atomic E-state index is 0.279. The molecule has 0 bridgehead atoms. The smallest absolute Gasteiger partial charge is 0.196 e. The lowest BCUT2D eigenvalue weighted by Crippen LogP contribution is -2.23. The van der Waals surface area contributed by atoms with Crippen LogP contribution in [0, 0.1) is 0 Å². The van der Waals surface area contributed by atoms with Crippen LogP contribution in [-0.2, 0) is 28.9 Å². The van der Waals surface area contributed by atoms with E-state index in [4.69, 9.17) is 25.9 Å². The molecule has 0 radical (unpaired) electrons. The Kier molecular flexibility index (Phi) is 9.05. The van der Waals surface area contributed by atoms with Gasteiger partial charge in [0.2, 0.25) is 0 Å². The number of benzene rings is 4. The number of pyridine rings is 1. The molecule has 4 aromatic carbocycles. The molecular formula is C42H38N4O2. The predicted molar refractivity (Wildman–Crippen MR) is 196 cm³/mol. The quantitative estimate of drug-likeness (QED) is 0.106. The van der Waals surface area contributed by atoms with Gasteiger partial charge < -0.3 is 26.3 Å². The number of nitrogens with two attached hydrogens (primary N) is 2. The van der Waals surface area contributed by atoms with Gasteiger partial charge in [0, 0.05) is 41.5 Å². The van der Waals surface area contributed by atoms with Gasteiger partial charge >= 0.3 is 0 Å². The number of hydrogen-bond donors (Lipinski definition) is 3. The molecule has 0 amide bonds. The van der Waals surface area contributed by atoms with E-state index in [1.54, 1.807) is 18.7 Å². The molecule has 1 unspecified atom stereocenters. The van der Waals surface area contributed by atoms with Gasteiger partial charge in [0.25, 0.3) is 0 Å². The van der Waals surface area contributed by atoms with Crippen molar-refractivity contribution >= 4 is 16.8 Å². The summed E-state index contributed by atoms with van der Waals surface area (Å²) in [4.78, 5) is 4.94. The van der Waals surface area contributed by atoms with Crippen molar-refractivity contribution in [3.8, 4) is 33.5 Å². The largest absolute Gasteiger partial charge is 0.495 e. The van der Waals surface area contributed by atoms with Gasteiger partial charge in [0.05, 0.1) is 12.0 Å². The van der Waals surface area contributed by atoms with Crippen LogP contribution in [0.5, 0.6) is 0 Å². The SMILES string of the molecule is N/C=C\OCc1ccc(-c2c3c(c(C/C=C\C(=C/N)C4NC=CO4)c4cc(-c5ccc(-c6ccccc6)cc5)ccc24)CCC=C3)nc1. The van der Waals surface area contributed by atoms with E-state index in [-0.39, 0.29) is 6.23 Å². The Balaban J connectivity index is 1.34. The van der Waals surface area contributed by atoms with Gasteiger partial charge in [0.15, 0.2) is 6.23 Å². The molecular weight excluding hydrogens is 592 g/mol. The molecule has 0 saturated heterocycles. The number of ether oxygens (including phenoxy) is 2. The molecule has 2 heterocycles. The summed E-state index contributed by atoms with van der Waals surface area (Å²) in [7, 11) is 0. The molecule has 5 N–H and O–H groups in total. The maximum Gasteiger partial charge on any atom is 0.196 e. The number of fused-ring (bicyclic) bond motifs is 2. The van der Waals surface area contributed by atoms with Crippen molar-refractivity contribution in [1.29, 1.82) is 0 Å². The first-order chi connectivity index (χ1) is 23.7. The van der Waals surface area contributed by atoms with Crippen LogP contribution in [-0.4, -0.2) is 11.2 Å². The Bertz CT molecular complexity index is 2050. The van der Waals surface area contributed by atoms with Gasteiger partial charge in [-0.25, -0.2) is 0 Å². The zero-order chi connectivity index (χ0) is 32.7. The molecule has 1 atom stereocenters. The summed E-state index contributed by atoms with van der Waals surface area (Å²) >= 11 is 0. The number of nitrogens with one attached hydrogen (secondary N) is 1. The Morgan fingerprint density at radius 2 is 1.71 bits per heavy atom. The molecule has 2 aliphatic rings. The molecule has 6 heteroatoms. The lowest BCUT2D eigenvalue weighted by molar-refractivity contribution is 0.189. The Labute approximate surface area is 281 Å². The monoisotopic (exact) mass is 630 g/mol. The molecule has 0 spiro atoms. The van der Waals surface area contributed by atoms with E-state index in [1.165, 1.54) is 62.2 Å². The number of aromatic nitrogens is 1. The maximum absolute atomic E-state index is 6.00. The van der Waals surface area contributed by atoms with Crippen molar-refractivity contribution in [2.45, 2.75) is 32.1 Å². The number of rotatable bonds is 10. The third-order valence-electron chi connectivity index (χ3n) is 8.91. The van der Waals surface area contributed by atoms with E-state index in [9.17, 15) is 0 Å². The summed E-state index contributed by atoms with van der Waals surface area (Å²) < 4.78 is 11.1. The second kappa shape index (κ2) is 14.2. The normalized spacial score (nSPS) is 15.6. The van der Waals surface area contributed by atoms with E-state index in [0.717, 1.165) is 41.7 Å². The number of nitrogens with zero attached hydrogens (tertiary/aromatic N) is 1. The lowest BCUT2D eigenvalue weighted by atomic mass is 9.81. The summed E-state index contributed by atoms with van der Waals surface area (Å²) in [6.45, 7) is 0.411. The van der Waals surface area contributed by atoms with Crippen molar-refractivity contribution < 1.29 is 9.47 Å². The number of allylic oxidation sites excluding steroid dienone is 2. The van der Waals surface area contributed by atoms with Crippen LogP contribution in [0.1, 0.15) is 28.7 Å². The Morgan fingerprint density at radius 3 is 2.44 bits per heavy atom.